The van der Waals surface area contributed by atoms with Gasteiger partial charge in [-0.3, -0.25) is 10.2 Å². The van der Waals surface area contributed by atoms with Gasteiger partial charge in [-0.05, 0) is 32.4 Å². The molecule has 0 saturated carbocycles. The van der Waals surface area contributed by atoms with Gasteiger partial charge in [0.25, 0.3) is 0 Å². The predicted octanol–water partition coefficient (Wildman–Crippen LogP) is 1.02. The first-order valence-corrected chi connectivity index (χ1v) is 6.62. The van der Waals surface area contributed by atoms with Crippen molar-refractivity contribution in [2.75, 3.05) is 13.1 Å². The van der Waals surface area contributed by atoms with Gasteiger partial charge in [-0.25, -0.2) is 5.84 Å². The van der Waals surface area contributed by atoms with Crippen LogP contribution in [0.3, 0.4) is 0 Å². The lowest BCUT2D eigenvalue weighted by atomic mass is 10.2. The third-order valence-electron chi connectivity index (χ3n) is 2.33. The van der Waals surface area contributed by atoms with Crippen molar-refractivity contribution in [1.82, 2.24) is 5.43 Å². The van der Waals surface area contributed by atoms with Gasteiger partial charge in [0.1, 0.15) is 0 Å². The van der Waals surface area contributed by atoms with Gasteiger partial charge < -0.3 is 11.5 Å². The van der Waals surface area contributed by atoms with E-state index in [-0.39, 0.29) is 5.91 Å². The topological polar surface area (TPSA) is 107 Å². The SMILES string of the molecule is CCCCCC(=O)NN.NCCCCCCN. The summed E-state index contributed by atoms with van der Waals surface area (Å²) in [6, 6.07) is 0. The van der Waals surface area contributed by atoms with E-state index in [2.05, 4.69) is 12.3 Å². The van der Waals surface area contributed by atoms with Crippen molar-refractivity contribution in [1.29, 1.82) is 0 Å². The normalized spacial score (nSPS) is 9.41. The Morgan fingerprint density at radius 1 is 0.941 bits per heavy atom. The van der Waals surface area contributed by atoms with Gasteiger partial charge in [0.2, 0.25) is 5.91 Å². The number of rotatable bonds is 9. The standard InChI is InChI=1S/C6H14N2O.C6H16N2/c1-2-3-4-5-6(9)8-7;7-5-3-1-2-4-6-8/h2-5,7H2,1H3,(H,8,9);1-8H2. The van der Waals surface area contributed by atoms with E-state index in [4.69, 9.17) is 17.3 Å². The molecule has 5 nitrogen and oxygen atoms in total. The summed E-state index contributed by atoms with van der Waals surface area (Å²) in [4.78, 5) is 10.5. The van der Waals surface area contributed by atoms with Crippen LogP contribution in [0.4, 0.5) is 0 Å². The molecule has 5 heteroatoms. The molecule has 0 spiro atoms. The van der Waals surface area contributed by atoms with Crippen LogP contribution in [-0.4, -0.2) is 19.0 Å². The molecule has 104 valence electrons. The molecule has 0 atom stereocenters. The monoisotopic (exact) mass is 246 g/mol. The maximum absolute atomic E-state index is 10.5. The van der Waals surface area contributed by atoms with Gasteiger partial charge >= 0.3 is 0 Å². The number of carbonyl (C=O) groups excluding carboxylic acids is 1. The maximum Gasteiger partial charge on any atom is 0.233 e. The molecular weight excluding hydrogens is 216 g/mol. The first-order chi connectivity index (χ1) is 8.22. The fourth-order valence-corrected chi connectivity index (χ4v) is 1.25. The fourth-order valence-electron chi connectivity index (χ4n) is 1.25. The molecule has 0 saturated heterocycles. The Hall–Kier alpha value is -0.650. The van der Waals surface area contributed by atoms with Gasteiger partial charge in [0, 0.05) is 6.42 Å². The van der Waals surface area contributed by atoms with Gasteiger partial charge in [0.05, 0.1) is 0 Å². The number of hydrazine groups is 1. The van der Waals surface area contributed by atoms with E-state index in [0.29, 0.717) is 6.42 Å². The lowest BCUT2D eigenvalue weighted by molar-refractivity contribution is -0.121. The van der Waals surface area contributed by atoms with E-state index in [0.717, 1.165) is 45.2 Å². The van der Waals surface area contributed by atoms with Crippen molar-refractivity contribution >= 4 is 5.91 Å². The van der Waals surface area contributed by atoms with E-state index >= 15 is 0 Å². The quantitative estimate of drug-likeness (QED) is 0.211. The average Bonchev–Trinajstić information content (AvgIpc) is 2.35. The molecule has 0 aromatic rings. The maximum atomic E-state index is 10.5. The Labute approximate surface area is 105 Å². The molecule has 0 aromatic carbocycles. The van der Waals surface area contributed by atoms with Crippen molar-refractivity contribution in [3.63, 3.8) is 0 Å². The first kappa shape index (κ1) is 18.7. The van der Waals surface area contributed by atoms with Gasteiger partial charge in [-0.15, -0.1) is 0 Å². The zero-order valence-corrected chi connectivity index (χ0v) is 11.2. The van der Waals surface area contributed by atoms with Crippen molar-refractivity contribution < 1.29 is 4.79 Å². The second kappa shape index (κ2) is 17.7. The summed E-state index contributed by atoms with van der Waals surface area (Å²) in [6.07, 6.45) is 8.54. The summed E-state index contributed by atoms with van der Waals surface area (Å²) in [5.41, 5.74) is 12.6. The minimum absolute atomic E-state index is 0.0662. The van der Waals surface area contributed by atoms with E-state index < -0.39 is 0 Å². The van der Waals surface area contributed by atoms with Crippen LogP contribution in [0.15, 0.2) is 0 Å². The molecule has 0 aromatic heterocycles. The molecule has 17 heavy (non-hydrogen) atoms. The lowest BCUT2D eigenvalue weighted by Gasteiger charge is -1.95. The molecule has 0 aliphatic heterocycles. The number of amides is 1. The summed E-state index contributed by atoms with van der Waals surface area (Å²) in [5, 5.41) is 0. The smallest absolute Gasteiger partial charge is 0.233 e. The molecular formula is C12H30N4O. The van der Waals surface area contributed by atoms with Crippen LogP contribution in [0, 0.1) is 0 Å². The largest absolute Gasteiger partial charge is 0.330 e. The first-order valence-electron chi connectivity index (χ1n) is 6.62. The van der Waals surface area contributed by atoms with Crippen LogP contribution in [0.25, 0.3) is 0 Å². The molecule has 1 amide bonds. The summed E-state index contributed by atoms with van der Waals surface area (Å²) in [7, 11) is 0. The molecule has 0 fully saturated rings. The number of nitrogens with one attached hydrogen (secondary N) is 1. The Morgan fingerprint density at radius 2 is 1.47 bits per heavy atom. The van der Waals surface area contributed by atoms with E-state index in [1.54, 1.807) is 0 Å². The zero-order valence-electron chi connectivity index (χ0n) is 11.2. The number of unbranched alkanes of at least 4 members (excludes halogenated alkanes) is 5. The molecule has 0 rings (SSSR count). The fraction of sp³-hybridized carbons (Fsp3) is 0.917. The van der Waals surface area contributed by atoms with Crippen molar-refractivity contribution in [2.45, 2.75) is 58.3 Å². The minimum Gasteiger partial charge on any atom is -0.330 e. The van der Waals surface area contributed by atoms with Crippen LogP contribution >= 0.6 is 0 Å². The number of nitrogens with two attached hydrogens (primary N) is 3. The van der Waals surface area contributed by atoms with Crippen LogP contribution in [0.2, 0.25) is 0 Å². The van der Waals surface area contributed by atoms with Crippen LogP contribution in [0.5, 0.6) is 0 Å². The molecule has 0 aliphatic rings. The van der Waals surface area contributed by atoms with E-state index in [9.17, 15) is 4.79 Å². The second-order valence-electron chi connectivity index (χ2n) is 4.02. The highest BCUT2D eigenvalue weighted by atomic mass is 16.2. The van der Waals surface area contributed by atoms with Gasteiger partial charge in [-0.2, -0.15) is 0 Å². The minimum atomic E-state index is -0.0662. The zero-order chi connectivity index (χ0) is 13.4. The number of hydrogen-bond donors (Lipinski definition) is 4. The molecule has 0 radical (unpaired) electrons. The van der Waals surface area contributed by atoms with Crippen molar-refractivity contribution in [3.8, 4) is 0 Å². The van der Waals surface area contributed by atoms with Crippen LogP contribution in [-0.2, 0) is 4.79 Å². The lowest BCUT2D eigenvalue weighted by Crippen LogP contribution is -2.29. The molecule has 7 N–H and O–H groups in total. The highest BCUT2D eigenvalue weighted by molar-refractivity contribution is 5.74. The van der Waals surface area contributed by atoms with Gasteiger partial charge in [-0.1, -0.05) is 32.6 Å². The number of carbonyl (C=O) groups is 1. The summed E-state index contributed by atoms with van der Waals surface area (Å²) < 4.78 is 0. The third kappa shape index (κ3) is 21.2. The summed E-state index contributed by atoms with van der Waals surface area (Å²) in [5.74, 6) is 4.79. The van der Waals surface area contributed by atoms with Crippen LogP contribution in [0.1, 0.15) is 58.3 Å². The second-order valence-corrected chi connectivity index (χ2v) is 4.02. The highest BCUT2D eigenvalue weighted by Gasteiger charge is 1.94. The van der Waals surface area contributed by atoms with E-state index in [1.165, 1.54) is 12.8 Å². The third-order valence-corrected chi connectivity index (χ3v) is 2.33. The van der Waals surface area contributed by atoms with Gasteiger partial charge in [0.15, 0.2) is 0 Å². The van der Waals surface area contributed by atoms with Crippen molar-refractivity contribution in [2.24, 2.45) is 17.3 Å². The summed E-state index contributed by atoms with van der Waals surface area (Å²) in [6.45, 7) is 3.75. The van der Waals surface area contributed by atoms with E-state index in [1.807, 2.05) is 0 Å². The Bertz CT molecular complexity index is 147. The van der Waals surface area contributed by atoms with Crippen LogP contribution < -0.4 is 22.7 Å². The number of hydrogen-bond acceptors (Lipinski definition) is 4. The molecule has 0 heterocycles. The Morgan fingerprint density at radius 3 is 1.82 bits per heavy atom. The molecule has 0 aliphatic carbocycles. The predicted molar refractivity (Wildman–Crippen MR) is 73.0 cm³/mol. The Kier molecular flexibility index (Phi) is 19.5. The highest BCUT2D eigenvalue weighted by Crippen LogP contribution is 1.97. The molecule has 0 bridgehead atoms. The average molecular weight is 246 g/mol. The Balaban J connectivity index is 0. The molecule has 0 unspecified atom stereocenters. The van der Waals surface area contributed by atoms with Crippen molar-refractivity contribution in [3.05, 3.63) is 0 Å². The summed E-state index contributed by atoms with van der Waals surface area (Å²) >= 11 is 0.